The zero-order valence-electron chi connectivity index (χ0n) is 15.8. The highest BCUT2D eigenvalue weighted by Crippen LogP contribution is 2.24. The molecule has 5 nitrogen and oxygen atoms in total. The largest absolute Gasteiger partial charge is 0.325 e. The molecule has 0 spiro atoms. The Morgan fingerprint density at radius 2 is 1.72 bits per heavy atom. The fourth-order valence-corrected chi connectivity index (χ4v) is 3.54. The zero-order valence-corrected chi connectivity index (χ0v) is 16.6. The minimum atomic E-state index is -0.218. The van der Waals surface area contributed by atoms with E-state index in [2.05, 4.69) is 10.6 Å². The third-order valence-electron chi connectivity index (χ3n) is 4.16. The average molecular weight is 401 g/mol. The summed E-state index contributed by atoms with van der Waals surface area (Å²) >= 11 is 1.29. The first kappa shape index (κ1) is 20.2. The summed E-state index contributed by atoms with van der Waals surface area (Å²) < 4.78 is 0. The third-order valence-corrected chi connectivity index (χ3v) is 5.23. The lowest BCUT2D eigenvalue weighted by Gasteiger charge is -2.11. The Balaban J connectivity index is 1.66. The molecule has 0 aromatic heterocycles. The minimum absolute atomic E-state index is 0.144. The van der Waals surface area contributed by atoms with E-state index in [9.17, 15) is 9.59 Å². The first-order valence-electron chi connectivity index (χ1n) is 8.95. The monoisotopic (exact) mass is 401 g/mol. The molecule has 3 aromatic rings. The molecule has 0 unspecified atom stereocenters. The van der Waals surface area contributed by atoms with Crippen LogP contribution in [0, 0.1) is 18.3 Å². The number of hydrogen-bond donors (Lipinski definition) is 2. The molecule has 6 heteroatoms. The number of nitrogens with one attached hydrogen (secondary N) is 2. The Hall–Kier alpha value is -3.56. The van der Waals surface area contributed by atoms with Crippen LogP contribution < -0.4 is 10.6 Å². The first-order valence-corrected chi connectivity index (χ1v) is 9.94. The van der Waals surface area contributed by atoms with Gasteiger partial charge in [-0.15, -0.1) is 11.8 Å². The number of amides is 2. The SMILES string of the molecule is Cc1ccccc1NC(=O)c1ccccc1SCC(=O)Nc1cccc(C#N)c1. The van der Waals surface area contributed by atoms with E-state index < -0.39 is 0 Å². The second-order valence-corrected chi connectivity index (χ2v) is 7.31. The van der Waals surface area contributed by atoms with Gasteiger partial charge in [0.05, 0.1) is 22.9 Å². The molecule has 144 valence electrons. The van der Waals surface area contributed by atoms with Crippen molar-refractivity contribution in [2.75, 3.05) is 16.4 Å². The highest BCUT2D eigenvalue weighted by molar-refractivity contribution is 8.00. The predicted molar refractivity (Wildman–Crippen MR) is 116 cm³/mol. The van der Waals surface area contributed by atoms with Crippen molar-refractivity contribution in [3.05, 3.63) is 89.5 Å². The molecule has 2 N–H and O–H groups in total. The Kier molecular flexibility index (Phi) is 6.67. The quantitative estimate of drug-likeness (QED) is 0.579. The summed E-state index contributed by atoms with van der Waals surface area (Å²) in [6, 6.07) is 23.5. The predicted octanol–water partition coefficient (Wildman–Crippen LogP) is 4.85. The molecule has 0 radical (unpaired) electrons. The molecule has 0 aliphatic rings. The van der Waals surface area contributed by atoms with Gasteiger partial charge in [0.15, 0.2) is 0 Å². The number of para-hydroxylation sites is 1. The smallest absolute Gasteiger partial charge is 0.256 e. The standard InChI is InChI=1S/C23H19N3O2S/c1-16-7-2-4-11-20(16)26-23(28)19-10-3-5-12-21(19)29-15-22(27)25-18-9-6-8-17(13-18)14-24/h2-13H,15H2,1H3,(H,25,27)(H,26,28). The number of carbonyl (C=O) groups is 2. The summed E-state index contributed by atoms with van der Waals surface area (Å²) in [5.41, 5.74) is 3.30. The molecule has 0 fully saturated rings. The molecule has 29 heavy (non-hydrogen) atoms. The van der Waals surface area contributed by atoms with Crippen LogP contribution in [0.1, 0.15) is 21.5 Å². The van der Waals surface area contributed by atoms with Crippen LogP contribution in [-0.2, 0) is 4.79 Å². The van der Waals surface area contributed by atoms with Crippen LogP contribution in [-0.4, -0.2) is 17.6 Å². The Labute approximate surface area is 173 Å². The molecule has 0 aliphatic carbocycles. The number of benzene rings is 3. The minimum Gasteiger partial charge on any atom is -0.325 e. The van der Waals surface area contributed by atoms with E-state index in [0.717, 1.165) is 16.1 Å². The molecular formula is C23H19N3O2S. The van der Waals surface area contributed by atoms with Crippen molar-refractivity contribution in [2.45, 2.75) is 11.8 Å². The molecular weight excluding hydrogens is 382 g/mol. The van der Waals surface area contributed by atoms with Crippen molar-refractivity contribution < 1.29 is 9.59 Å². The van der Waals surface area contributed by atoms with E-state index in [0.29, 0.717) is 16.8 Å². The fourth-order valence-electron chi connectivity index (χ4n) is 2.69. The van der Waals surface area contributed by atoms with Gasteiger partial charge in [0.1, 0.15) is 0 Å². The van der Waals surface area contributed by atoms with Crippen LogP contribution in [0.4, 0.5) is 11.4 Å². The summed E-state index contributed by atoms with van der Waals surface area (Å²) in [7, 11) is 0. The van der Waals surface area contributed by atoms with Gasteiger partial charge in [-0.25, -0.2) is 0 Å². The highest BCUT2D eigenvalue weighted by atomic mass is 32.2. The van der Waals surface area contributed by atoms with Crippen LogP contribution in [0.15, 0.2) is 77.7 Å². The molecule has 0 saturated carbocycles. The second kappa shape index (κ2) is 9.58. The molecule has 0 aliphatic heterocycles. The number of hydrogen-bond acceptors (Lipinski definition) is 4. The van der Waals surface area contributed by atoms with Gasteiger partial charge in [0.25, 0.3) is 5.91 Å². The van der Waals surface area contributed by atoms with Gasteiger partial charge in [-0.05, 0) is 48.9 Å². The molecule has 0 atom stereocenters. The van der Waals surface area contributed by atoms with Gasteiger partial charge in [-0.1, -0.05) is 36.4 Å². The van der Waals surface area contributed by atoms with Gasteiger partial charge in [0, 0.05) is 16.3 Å². The van der Waals surface area contributed by atoms with Crippen LogP contribution in [0.3, 0.4) is 0 Å². The number of anilines is 2. The summed E-state index contributed by atoms with van der Waals surface area (Å²) in [6.45, 7) is 1.93. The summed E-state index contributed by atoms with van der Waals surface area (Å²) in [5.74, 6) is -0.283. The van der Waals surface area contributed by atoms with Crippen molar-refractivity contribution in [1.29, 1.82) is 5.26 Å². The van der Waals surface area contributed by atoms with Crippen molar-refractivity contribution in [3.63, 3.8) is 0 Å². The lowest BCUT2D eigenvalue weighted by atomic mass is 10.1. The second-order valence-electron chi connectivity index (χ2n) is 6.29. The Morgan fingerprint density at radius 3 is 2.52 bits per heavy atom. The first-order chi connectivity index (χ1) is 14.1. The maximum Gasteiger partial charge on any atom is 0.256 e. The number of thioether (sulfide) groups is 1. The van der Waals surface area contributed by atoms with Crippen molar-refractivity contribution in [2.24, 2.45) is 0 Å². The van der Waals surface area contributed by atoms with Gasteiger partial charge in [-0.3, -0.25) is 9.59 Å². The number of rotatable bonds is 6. The van der Waals surface area contributed by atoms with Crippen LogP contribution >= 0.6 is 11.8 Å². The molecule has 3 rings (SSSR count). The topological polar surface area (TPSA) is 82.0 Å². The summed E-state index contributed by atoms with van der Waals surface area (Å²) in [5, 5.41) is 14.6. The zero-order chi connectivity index (χ0) is 20.6. The van der Waals surface area contributed by atoms with E-state index in [1.165, 1.54) is 11.8 Å². The van der Waals surface area contributed by atoms with Crippen molar-refractivity contribution in [1.82, 2.24) is 0 Å². The van der Waals surface area contributed by atoms with Gasteiger partial charge in [0.2, 0.25) is 5.91 Å². The van der Waals surface area contributed by atoms with Crippen molar-refractivity contribution >= 4 is 35.0 Å². The lowest BCUT2D eigenvalue weighted by molar-refractivity contribution is -0.113. The Morgan fingerprint density at radius 1 is 0.966 bits per heavy atom. The average Bonchev–Trinajstić information content (AvgIpc) is 2.74. The van der Waals surface area contributed by atoms with Crippen LogP contribution in [0.25, 0.3) is 0 Å². The van der Waals surface area contributed by atoms with E-state index in [1.807, 2.05) is 49.4 Å². The third kappa shape index (κ3) is 5.47. The number of nitrogens with zero attached hydrogens (tertiary/aromatic N) is 1. The van der Waals surface area contributed by atoms with Crippen LogP contribution in [0.5, 0.6) is 0 Å². The van der Waals surface area contributed by atoms with E-state index in [-0.39, 0.29) is 17.6 Å². The van der Waals surface area contributed by atoms with E-state index in [4.69, 9.17) is 5.26 Å². The van der Waals surface area contributed by atoms with Crippen molar-refractivity contribution in [3.8, 4) is 6.07 Å². The lowest BCUT2D eigenvalue weighted by Crippen LogP contribution is -2.16. The maximum absolute atomic E-state index is 12.7. The summed E-state index contributed by atoms with van der Waals surface area (Å²) in [6.07, 6.45) is 0. The molecule has 0 bridgehead atoms. The molecule has 0 heterocycles. The number of nitriles is 1. The summed E-state index contributed by atoms with van der Waals surface area (Å²) in [4.78, 5) is 25.7. The van der Waals surface area contributed by atoms with Crippen LogP contribution in [0.2, 0.25) is 0 Å². The molecule has 2 amide bonds. The highest BCUT2D eigenvalue weighted by Gasteiger charge is 2.14. The van der Waals surface area contributed by atoms with E-state index >= 15 is 0 Å². The Bertz CT molecular complexity index is 1090. The maximum atomic E-state index is 12.7. The molecule has 0 saturated heterocycles. The molecule has 3 aromatic carbocycles. The normalized spacial score (nSPS) is 10.1. The number of aryl methyl sites for hydroxylation is 1. The van der Waals surface area contributed by atoms with Gasteiger partial charge in [-0.2, -0.15) is 5.26 Å². The number of carbonyl (C=O) groups excluding carboxylic acids is 2. The fraction of sp³-hybridized carbons (Fsp3) is 0.0870. The van der Waals surface area contributed by atoms with E-state index in [1.54, 1.807) is 36.4 Å². The van der Waals surface area contributed by atoms with Gasteiger partial charge >= 0.3 is 0 Å². The van der Waals surface area contributed by atoms with Gasteiger partial charge < -0.3 is 10.6 Å².